The van der Waals surface area contributed by atoms with E-state index in [0.717, 1.165) is 53.6 Å². The SMILES string of the molecule is CC1(C)c2ccc(Br)cc2Oc2ccc(Br)cc21.Cc1cc(C)c(B(F)c2c(C)cc(C)cc2C)c(C)c1. The Kier molecular flexibility index (Phi) is 8.30. The van der Waals surface area contributed by atoms with E-state index in [9.17, 15) is 0 Å². The second-order valence-electron chi connectivity index (χ2n) is 11.0. The van der Waals surface area contributed by atoms with E-state index in [2.05, 4.69) is 102 Å². The van der Waals surface area contributed by atoms with Crippen LogP contribution in [0.4, 0.5) is 4.32 Å². The molecule has 1 aliphatic heterocycles. The monoisotopic (exact) mass is 634 g/mol. The Labute approximate surface area is 244 Å². The van der Waals surface area contributed by atoms with Crippen molar-refractivity contribution in [2.45, 2.75) is 60.8 Å². The second-order valence-corrected chi connectivity index (χ2v) is 12.8. The maximum Gasteiger partial charge on any atom is 0.414 e. The number of hydrogen-bond donors (Lipinski definition) is 0. The zero-order valence-corrected chi connectivity index (χ0v) is 26.6. The average molecular weight is 636 g/mol. The molecule has 0 aromatic heterocycles. The zero-order chi connectivity index (χ0) is 27.9. The predicted molar refractivity (Wildman–Crippen MR) is 168 cm³/mol. The highest BCUT2D eigenvalue weighted by molar-refractivity contribution is 9.10. The van der Waals surface area contributed by atoms with Crippen LogP contribution in [-0.4, -0.2) is 6.99 Å². The maximum absolute atomic E-state index is 15.2. The van der Waals surface area contributed by atoms with E-state index in [4.69, 9.17) is 4.74 Å². The Bertz CT molecular complexity index is 1420. The van der Waals surface area contributed by atoms with Crippen LogP contribution in [0.1, 0.15) is 58.4 Å². The Hall–Kier alpha value is -2.37. The van der Waals surface area contributed by atoms with Crippen LogP contribution in [0, 0.1) is 41.5 Å². The quantitative estimate of drug-likeness (QED) is 0.200. The Morgan fingerprint density at radius 1 is 0.605 bits per heavy atom. The van der Waals surface area contributed by atoms with E-state index in [1.54, 1.807) is 0 Å². The molecule has 0 bridgehead atoms. The van der Waals surface area contributed by atoms with Crippen molar-refractivity contribution in [3.8, 4) is 11.5 Å². The van der Waals surface area contributed by atoms with Gasteiger partial charge < -0.3 is 9.05 Å². The third-order valence-corrected chi connectivity index (χ3v) is 8.42. The van der Waals surface area contributed by atoms with Gasteiger partial charge in [0.25, 0.3) is 0 Å². The number of aryl methyl sites for hydroxylation is 6. The van der Waals surface area contributed by atoms with Crippen molar-refractivity contribution >= 4 is 49.8 Å². The van der Waals surface area contributed by atoms with Crippen LogP contribution in [0.25, 0.3) is 0 Å². The van der Waals surface area contributed by atoms with Gasteiger partial charge >= 0.3 is 6.99 Å². The van der Waals surface area contributed by atoms with Gasteiger partial charge in [-0.05, 0) is 82.8 Å². The molecule has 4 aromatic carbocycles. The lowest BCUT2D eigenvalue weighted by Gasteiger charge is -2.34. The molecule has 196 valence electrons. The van der Waals surface area contributed by atoms with Crippen molar-refractivity contribution in [3.05, 3.63) is 114 Å². The lowest BCUT2D eigenvalue weighted by atomic mass is 9.53. The summed E-state index contributed by atoms with van der Waals surface area (Å²) < 4.78 is 23.3. The molecule has 1 heterocycles. The smallest absolute Gasteiger partial charge is 0.414 e. The summed E-state index contributed by atoms with van der Waals surface area (Å²) in [6.07, 6.45) is 0. The van der Waals surface area contributed by atoms with Crippen LogP contribution in [0.2, 0.25) is 0 Å². The third kappa shape index (κ3) is 5.65. The van der Waals surface area contributed by atoms with E-state index in [-0.39, 0.29) is 5.41 Å². The van der Waals surface area contributed by atoms with Crippen LogP contribution < -0.4 is 15.7 Å². The number of fused-ring (bicyclic) bond motifs is 2. The fraction of sp³-hybridized carbons (Fsp3) is 0.273. The first kappa shape index (κ1) is 28.6. The summed E-state index contributed by atoms with van der Waals surface area (Å²) in [5, 5.41) is 0. The molecule has 0 N–H and O–H groups in total. The van der Waals surface area contributed by atoms with Gasteiger partial charge in [-0.15, -0.1) is 0 Å². The molecule has 0 radical (unpaired) electrons. The number of benzene rings is 4. The fourth-order valence-corrected chi connectivity index (χ4v) is 6.47. The molecular formula is C33H34BBr2FO. The fourth-order valence-electron chi connectivity index (χ4n) is 5.77. The highest BCUT2D eigenvalue weighted by Gasteiger charge is 2.34. The minimum absolute atomic E-state index is 0.0482. The second kappa shape index (κ2) is 11.0. The number of halogens is 3. The standard InChI is InChI=1S/C18H22BF.C15H12Br2O/c1-11-7-13(3)17(14(4)8-11)19(20)18-15(5)9-12(2)10-16(18)6;1-15(2)11-5-3-10(17)8-14(11)18-13-6-4-9(16)7-12(13)15/h7-10H,1-6H3;3-8H,1-2H3. The van der Waals surface area contributed by atoms with Crippen molar-refractivity contribution in [1.82, 2.24) is 0 Å². The minimum Gasteiger partial charge on any atom is -0.457 e. The van der Waals surface area contributed by atoms with Gasteiger partial charge in [0.05, 0.1) is 0 Å². The molecule has 4 aromatic rings. The molecule has 1 aliphatic rings. The summed E-state index contributed by atoms with van der Waals surface area (Å²) in [5.74, 6) is 1.87. The Morgan fingerprint density at radius 3 is 1.55 bits per heavy atom. The van der Waals surface area contributed by atoms with Crippen molar-refractivity contribution in [1.29, 1.82) is 0 Å². The van der Waals surface area contributed by atoms with Crippen LogP contribution >= 0.6 is 31.9 Å². The van der Waals surface area contributed by atoms with Gasteiger partial charge in [0, 0.05) is 25.5 Å². The molecule has 0 saturated carbocycles. The molecule has 1 nitrogen and oxygen atoms in total. The van der Waals surface area contributed by atoms with Crippen molar-refractivity contribution in [3.63, 3.8) is 0 Å². The van der Waals surface area contributed by atoms with Crippen molar-refractivity contribution in [2.24, 2.45) is 0 Å². The van der Waals surface area contributed by atoms with Gasteiger partial charge in [0.15, 0.2) is 0 Å². The number of hydrogen-bond acceptors (Lipinski definition) is 1. The van der Waals surface area contributed by atoms with Crippen LogP contribution in [-0.2, 0) is 5.41 Å². The predicted octanol–water partition coefficient (Wildman–Crippen LogP) is 9.26. The first-order chi connectivity index (χ1) is 17.8. The highest BCUT2D eigenvalue weighted by atomic mass is 79.9. The average Bonchev–Trinajstić information content (AvgIpc) is 2.78. The molecule has 0 saturated heterocycles. The first-order valence-corrected chi connectivity index (χ1v) is 14.5. The summed E-state index contributed by atoms with van der Waals surface area (Å²) >= 11 is 7.02. The van der Waals surface area contributed by atoms with E-state index in [1.165, 1.54) is 22.3 Å². The molecule has 0 spiro atoms. The summed E-state index contributed by atoms with van der Waals surface area (Å²) in [7, 11) is 0. The number of ether oxygens (including phenoxy) is 1. The first-order valence-electron chi connectivity index (χ1n) is 12.9. The lowest BCUT2D eigenvalue weighted by Crippen LogP contribution is -2.44. The minimum atomic E-state index is -1.05. The lowest BCUT2D eigenvalue weighted by molar-refractivity contribution is 0.417. The highest BCUT2D eigenvalue weighted by Crippen LogP contribution is 2.49. The zero-order valence-electron chi connectivity index (χ0n) is 23.4. The van der Waals surface area contributed by atoms with Crippen LogP contribution in [0.5, 0.6) is 11.5 Å². The topological polar surface area (TPSA) is 9.23 Å². The molecule has 5 heteroatoms. The van der Waals surface area contributed by atoms with E-state index in [0.29, 0.717) is 0 Å². The van der Waals surface area contributed by atoms with Crippen molar-refractivity contribution in [2.75, 3.05) is 0 Å². The largest absolute Gasteiger partial charge is 0.457 e. The van der Waals surface area contributed by atoms with E-state index >= 15 is 4.32 Å². The van der Waals surface area contributed by atoms with Gasteiger partial charge in [0.1, 0.15) is 11.5 Å². The van der Waals surface area contributed by atoms with Gasteiger partial charge in [-0.1, -0.05) is 109 Å². The molecule has 0 fully saturated rings. The van der Waals surface area contributed by atoms with Gasteiger partial charge in [0.2, 0.25) is 0 Å². The summed E-state index contributed by atoms with van der Waals surface area (Å²) in [4.78, 5) is 0. The Morgan fingerprint density at radius 2 is 1.05 bits per heavy atom. The number of rotatable bonds is 2. The Balaban J connectivity index is 0.000000178. The van der Waals surface area contributed by atoms with Gasteiger partial charge in [-0.3, -0.25) is 0 Å². The summed E-state index contributed by atoms with van der Waals surface area (Å²) in [6, 6.07) is 20.6. The third-order valence-electron chi connectivity index (χ3n) is 7.43. The van der Waals surface area contributed by atoms with Gasteiger partial charge in [-0.25, -0.2) is 0 Å². The molecule has 0 atom stereocenters. The van der Waals surface area contributed by atoms with Gasteiger partial charge in [-0.2, -0.15) is 0 Å². The summed E-state index contributed by atoms with van der Waals surface area (Å²) in [6.45, 7) is 15.5. The summed E-state index contributed by atoms with van der Waals surface area (Å²) in [5.41, 5.74) is 10.6. The molecule has 5 rings (SSSR count). The van der Waals surface area contributed by atoms with Crippen LogP contribution in [0.15, 0.2) is 69.6 Å². The molecular weight excluding hydrogens is 602 g/mol. The van der Waals surface area contributed by atoms with E-state index in [1.807, 2.05) is 45.9 Å². The molecule has 0 unspecified atom stereocenters. The van der Waals surface area contributed by atoms with Crippen molar-refractivity contribution < 1.29 is 9.05 Å². The molecule has 38 heavy (non-hydrogen) atoms. The maximum atomic E-state index is 15.2. The normalized spacial score (nSPS) is 13.0. The van der Waals surface area contributed by atoms with Crippen LogP contribution in [0.3, 0.4) is 0 Å². The van der Waals surface area contributed by atoms with E-state index < -0.39 is 6.99 Å². The molecule has 0 amide bonds. The molecule has 0 aliphatic carbocycles.